The van der Waals surface area contributed by atoms with Crippen molar-refractivity contribution in [3.8, 4) is 11.4 Å². The van der Waals surface area contributed by atoms with Crippen molar-refractivity contribution in [1.29, 1.82) is 0 Å². The molecule has 32 heavy (non-hydrogen) atoms. The largest absolute Gasteiger partial charge is 0.495 e. The number of benzene rings is 2. The highest BCUT2D eigenvalue weighted by atomic mass is 79.9. The van der Waals surface area contributed by atoms with E-state index in [0.29, 0.717) is 16.7 Å². The lowest BCUT2D eigenvalue weighted by Crippen LogP contribution is -2.19. The Labute approximate surface area is 190 Å². The number of anilines is 1. The van der Waals surface area contributed by atoms with Crippen LogP contribution in [0.3, 0.4) is 0 Å². The van der Waals surface area contributed by atoms with Crippen molar-refractivity contribution in [2.45, 2.75) is 11.8 Å². The van der Waals surface area contributed by atoms with E-state index in [0.717, 1.165) is 0 Å². The highest BCUT2D eigenvalue weighted by Crippen LogP contribution is 2.31. The summed E-state index contributed by atoms with van der Waals surface area (Å²) in [4.78, 5) is 20.6. The molecule has 0 radical (unpaired) electrons. The number of methoxy groups -OCH3 is 1. The van der Waals surface area contributed by atoms with Gasteiger partial charge in [0, 0.05) is 23.7 Å². The molecule has 0 fully saturated rings. The quantitative estimate of drug-likeness (QED) is 0.431. The second kappa shape index (κ2) is 8.32. The molecule has 0 unspecified atom stereocenters. The van der Waals surface area contributed by atoms with Crippen LogP contribution >= 0.6 is 15.9 Å². The fourth-order valence-electron chi connectivity index (χ4n) is 3.21. The number of nitrogens with zero attached hydrogens (tertiary/aromatic N) is 3. The maximum Gasteiger partial charge on any atom is 0.263 e. The van der Waals surface area contributed by atoms with Crippen LogP contribution in [0.15, 0.2) is 68.9 Å². The van der Waals surface area contributed by atoms with E-state index in [9.17, 15) is 17.6 Å². The number of ether oxygens (including phenoxy) is 1. The summed E-state index contributed by atoms with van der Waals surface area (Å²) in [6, 6.07) is 11.1. The number of fused-ring (bicyclic) bond motifs is 1. The fourth-order valence-corrected chi connectivity index (χ4v) is 4.56. The summed E-state index contributed by atoms with van der Waals surface area (Å²) in [5.74, 6) is 0.250. The molecule has 8 nitrogen and oxygen atoms in total. The van der Waals surface area contributed by atoms with E-state index in [-0.39, 0.29) is 26.6 Å². The van der Waals surface area contributed by atoms with Crippen molar-refractivity contribution in [3.63, 3.8) is 0 Å². The number of nitrogens with one attached hydrogen (secondary N) is 1. The van der Waals surface area contributed by atoms with E-state index in [2.05, 4.69) is 30.6 Å². The first kappa shape index (κ1) is 21.9. The molecule has 0 atom stereocenters. The Morgan fingerprint density at radius 1 is 1.12 bits per heavy atom. The van der Waals surface area contributed by atoms with Gasteiger partial charge in [-0.05, 0) is 59.3 Å². The van der Waals surface area contributed by atoms with Crippen LogP contribution in [0.5, 0.6) is 5.75 Å². The Kier molecular flexibility index (Phi) is 5.70. The summed E-state index contributed by atoms with van der Waals surface area (Å²) in [7, 11) is -2.55. The van der Waals surface area contributed by atoms with Gasteiger partial charge in [-0.25, -0.2) is 22.8 Å². The number of aryl methyl sites for hydroxylation is 1. The molecule has 11 heteroatoms. The molecule has 4 aromatic rings. The van der Waals surface area contributed by atoms with E-state index in [1.807, 2.05) is 0 Å². The lowest BCUT2D eigenvalue weighted by molar-refractivity contribution is 0.411. The Bertz CT molecular complexity index is 1520. The van der Waals surface area contributed by atoms with Crippen LogP contribution in [0, 0.1) is 12.7 Å². The molecule has 0 saturated carbocycles. The lowest BCUT2D eigenvalue weighted by atomic mass is 10.2. The monoisotopic (exact) mass is 518 g/mol. The van der Waals surface area contributed by atoms with Crippen LogP contribution < -0.4 is 15.0 Å². The number of rotatable bonds is 5. The summed E-state index contributed by atoms with van der Waals surface area (Å²) in [6.07, 6.45) is 1.45. The number of pyridine rings is 1. The number of hydrogen-bond donors (Lipinski definition) is 1. The molecule has 0 aliphatic carbocycles. The first-order chi connectivity index (χ1) is 15.2. The molecular formula is C21H16BrFN4O4S. The van der Waals surface area contributed by atoms with Crippen molar-refractivity contribution in [2.24, 2.45) is 0 Å². The second-order valence-electron chi connectivity index (χ2n) is 6.76. The van der Waals surface area contributed by atoms with E-state index in [4.69, 9.17) is 4.74 Å². The molecule has 0 amide bonds. The molecule has 1 N–H and O–H groups in total. The van der Waals surface area contributed by atoms with Crippen molar-refractivity contribution >= 4 is 42.7 Å². The van der Waals surface area contributed by atoms with E-state index in [1.165, 1.54) is 66.4 Å². The van der Waals surface area contributed by atoms with Crippen molar-refractivity contribution in [1.82, 2.24) is 14.5 Å². The van der Waals surface area contributed by atoms with Gasteiger partial charge in [0.2, 0.25) is 0 Å². The molecule has 4 rings (SSSR count). The Balaban J connectivity index is 1.85. The van der Waals surface area contributed by atoms with E-state index >= 15 is 0 Å². The number of hydrogen-bond acceptors (Lipinski definition) is 6. The van der Waals surface area contributed by atoms with Gasteiger partial charge in [-0.1, -0.05) is 0 Å². The van der Waals surface area contributed by atoms with Gasteiger partial charge in [-0.3, -0.25) is 14.1 Å². The van der Waals surface area contributed by atoms with Gasteiger partial charge < -0.3 is 4.74 Å². The predicted octanol–water partition coefficient (Wildman–Crippen LogP) is 3.80. The summed E-state index contributed by atoms with van der Waals surface area (Å²) < 4.78 is 49.1. The topological polar surface area (TPSA) is 103 Å². The van der Waals surface area contributed by atoms with Crippen LogP contribution in [-0.4, -0.2) is 30.1 Å². The highest BCUT2D eigenvalue weighted by Gasteiger charge is 2.18. The van der Waals surface area contributed by atoms with E-state index < -0.39 is 21.4 Å². The molecular weight excluding hydrogens is 503 g/mol. The van der Waals surface area contributed by atoms with Gasteiger partial charge in [0.25, 0.3) is 15.6 Å². The third-order valence-electron chi connectivity index (χ3n) is 4.65. The summed E-state index contributed by atoms with van der Waals surface area (Å²) >= 11 is 3.10. The third kappa shape index (κ3) is 4.08. The normalized spacial score (nSPS) is 11.5. The Morgan fingerprint density at radius 3 is 2.62 bits per heavy atom. The maximum atomic E-state index is 14.3. The zero-order valence-corrected chi connectivity index (χ0v) is 19.2. The SMILES string of the molecule is COc1cc(Br)c(F)cc1-n1c(=O)ccc2cc(S(=O)(=O)Nc3ccnc(C)n3)ccc21. The minimum absolute atomic E-state index is 0.0274. The molecule has 0 aliphatic heterocycles. The van der Waals surface area contributed by atoms with Crippen LogP contribution in [-0.2, 0) is 10.0 Å². The Hall–Kier alpha value is -3.31. The summed E-state index contributed by atoms with van der Waals surface area (Å²) in [6.45, 7) is 1.65. The number of halogens is 2. The first-order valence-corrected chi connectivity index (χ1v) is 11.5. The van der Waals surface area contributed by atoms with Gasteiger partial charge in [0.05, 0.1) is 27.7 Å². The van der Waals surface area contributed by atoms with Gasteiger partial charge >= 0.3 is 0 Å². The van der Waals surface area contributed by atoms with E-state index in [1.54, 1.807) is 6.92 Å². The lowest BCUT2D eigenvalue weighted by Gasteiger charge is -2.15. The zero-order chi connectivity index (χ0) is 23.0. The average molecular weight is 519 g/mol. The zero-order valence-electron chi connectivity index (χ0n) is 16.8. The molecule has 2 heterocycles. The maximum absolute atomic E-state index is 14.3. The standard InChI is InChI=1S/C21H16BrFN4O4S/c1-12-24-8-7-20(25-12)26-32(29,30)14-4-5-17-13(9-14)3-6-21(28)27(17)18-11-16(23)15(22)10-19(18)31-2/h3-11H,1-2H3,(H,24,25,26). The molecule has 2 aromatic heterocycles. The predicted molar refractivity (Wildman–Crippen MR) is 121 cm³/mol. The average Bonchev–Trinajstić information content (AvgIpc) is 2.75. The minimum Gasteiger partial charge on any atom is -0.495 e. The van der Waals surface area contributed by atoms with Gasteiger partial charge in [-0.2, -0.15) is 0 Å². The van der Waals surface area contributed by atoms with Crippen molar-refractivity contribution in [2.75, 3.05) is 11.8 Å². The van der Waals surface area contributed by atoms with Crippen LogP contribution in [0.2, 0.25) is 0 Å². The van der Waals surface area contributed by atoms with Gasteiger partial charge in [0.15, 0.2) is 0 Å². The summed E-state index contributed by atoms with van der Waals surface area (Å²) in [5.41, 5.74) is 0.145. The second-order valence-corrected chi connectivity index (χ2v) is 9.30. The minimum atomic E-state index is -3.95. The molecule has 0 saturated heterocycles. The van der Waals surface area contributed by atoms with Gasteiger partial charge in [-0.15, -0.1) is 0 Å². The molecule has 0 bridgehead atoms. The third-order valence-corrected chi connectivity index (χ3v) is 6.61. The first-order valence-electron chi connectivity index (χ1n) is 9.21. The number of sulfonamides is 1. The highest BCUT2D eigenvalue weighted by molar-refractivity contribution is 9.10. The Morgan fingerprint density at radius 2 is 1.91 bits per heavy atom. The van der Waals surface area contributed by atoms with Crippen molar-refractivity contribution in [3.05, 3.63) is 81.2 Å². The van der Waals surface area contributed by atoms with Crippen LogP contribution in [0.1, 0.15) is 5.82 Å². The number of aromatic nitrogens is 3. The smallest absolute Gasteiger partial charge is 0.263 e. The van der Waals surface area contributed by atoms with Crippen molar-refractivity contribution < 1.29 is 17.5 Å². The fraction of sp³-hybridized carbons (Fsp3) is 0.0952. The molecule has 2 aromatic carbocycles. The molecule has 0 spiro atoms. The van der Waals surface area contributed by atoms with Gasteiger partial charge in [0.1, 0.15) is 23.2 Å². The molecule has 164 valence electrons. The summed E-state index contributed by atoms with van der Waals surface area (Å²) in [5, 5.41) is 0.455. The van der Waals surface area contributed by atoms with Crippen LogP contribution in [0.4, 0.5) is 10.2 Å². The van der Waals surface area contributed by atoms with Crippen LogP contribution in [0.25, 0.3) is 16.6 Å². The molecule has 0 aliphatic rings.